The average molecular weight is 973 g/mol. The summed E-state index contributed by atoms with van der Waals surface area (Å²) < 4.78 is 41.3. The van der Waals surface area contributed by atoms with Gasteiger partial charge in [0.25, 0.3) is 0 Å². The van der Waals surface area contributed by atoms with Crippen LogP contribution in [0.25, 0.3) is 32.3 Å². The van der Waals surface area contributed by atoms with Gasteiger partial charge in [-0.15, -0.1) is 0 Å². The third kappa shape index (κ3) is 5.67. The van der Waals surface area contributed by atoms with Crippen molar-refractivity contribution in [1.29, 1.82) is 0 Å². The summed E-state index contributed by atoms with van der Waals surface area (Å²) in [6.07, 6.45) is 6.06. The van der Waals surface area contributed by atoms with E-state index in [2.05, 4.69) is 173 Å². The Labute approximate surface area is 433 Å². The maximum Gasteiger partial charge on any atom is 0.162 e. The number of fused-ring (bicyclic) bond motifs is 18. The predicted octanol–water partition coefficient (Wildman–Crippen LogP) is 16.2. The Kier molecular flexibility index (Phi) is 9.55. The normalized spacial score (nSPS) is 23.2. The molecule has 0 atom stereocenters. The number of rotatable bonds is 6. The summed E-state index contributed by atoms with van der Waals surface area (Å²) in [5.74, 6) is 4.75. The van der Waals surface area contributed by atoms with Crippen LogP contribution in [0.3, 0.4) is 0 Å². The Balaban J connectivity index is 0.977. The van der Waals surface area contributed by atoms with Gasteiger partial charge in [0, 0.05) is 21.7 Å². The molecule has 0 amide bonds. The lowest BCUT2D eigenvalue weighted by Gasteiger charge is -2.53. The second kappa shape index (κ2) is 16.0. The van der Waals surface area contributed by atoms with Gasteiger partial charge in [-0.2, -0.15) is 0 Å². The standard InChI is InChI=1S/C68H60O6/c1-5-20-66-53-23-47-35-69-59-29-41-14-8-10-16-43(41)31-61(59)71-37-49(47)25-55(53)67(21-6-2)57-27-51-39-73-63-33-45-18-12-13-19-46(45)34-64(63)74-40-52(51)28-58(57)68(22-7-3,65(66,67)4)56-26-50-38-72-62-32-44-17-11-9-15-42(44)30-60(62)70-36-48(50)24-54(56)66/h8-19,23-34H,5-7,20-22,35-40H2,1-4H3. The molecule has 74 heavy (non-hydrogen) atoms. The summed E-state index contributed by atoms with van der Waals surface area (Å²) in [5.41, 5.74) is 14.5. The van der Waals surface area contributed by atoms with Gasteiger partial charge in [0.2, 0.25) is 0 Å². The first-order valence-electron chi connectivity index (χ1n) is 27.2. The van der Waals surface area contributed by atoms with E-state index in [1.165, 1.54) is 66.8 Å². The molecule has 0 saturated heterocycles. The van der Waals surface area contributed by atoms with Crippen LogP contribution in [0.2, 0.25) is 0 Å². The van der Waals surface area contributed by atoms with Crippen molar-refractivity contribution in [3.05, 3.63) is 212 Å². The lowest BCUT2D eigenvalue weighted by atomic mass is 9.48. The third-order valence-electron chi connectivity index (χ3n) is 18.9. The highest BCUT2D eigenvalue weighted by Crippen LogP contribution is 2.85. The lowest BCUT2D eigenvalue weighted by molar-refractivity contribution is 0.0539. The number of benzene rings is 9. The van der Waals surface area contributed by atoms with Crippen LogP contribution < -0.4 is 28.4 Å². The minimum atomic E-state index is -0.369. The summed E-state index contributed by atoms with van der Waals surface area (Å²) in [5, 5.41) is 6.87. The Morgan fingerprint density at radius 1 is 0.297 bits per heavy atom. The van der Waals surface area contributed by atoms with Gasteiger partial charge in [-0.3, -0.25) is 0 Å². The van der Waals surface area contributed by atoms with E-state index in [1.54, 1.807) is 0 Å². The molecule has 9 aromatic carbocycles. The predicted molar refractivity (Wildman–Crippen MR) is 292 cm³/mol. The largest absolute Gasteiger partial charge is 0.485 e. The molecule has 6 nitrogen and oxygen atoms in total. The van der Waals surface area contributed by atoms with E-state index in [0.29, 0.717) is 39.6 Å². The highest BCUT2D eigenvalue weighted by molar-refractivity contribution is 5.88. The van der Waals surface area contributed by atoms with E-state index in [1.807, 2.05) is 0 Å². The Morgan fingerprint density at radius 2 is 0.486 bits per heavy atom. The fourth-order valence-corrected chi connectivity index (χ4v) is 16.0. The third-order valence-corrected chi connectivity index (χ3v) is 18.9. The van der Waals surface area contributed by atoms with Crippen LogP contribution in [0, 0.1) is 5.41 Å². The Morgan fingerprint density at radius 3 is 0.662 bits per heavy atom. The van der Waals surface area contributed by atoms with Crippen LogP contribution >= 0.6 is 0 Å². The summed E-state index contributed by atoms with van der Waals surface area (Å²) in [6.45, 7) is 12.7. The molecule has 0 aromatic heterocycles. The molecule has 368 valence electrons. The second-order valence-corrected chi connectivity index (χ2v) is 22.3. The molecule has 15 rings (SSSR count). The number of ether oxygens (including phenoxy) is 6. The Bertz CT molecular complexity index is 3230. The van der Waals surface area contributed by atoms with Crippen molar-refractivity contribution in [2.75, 3.05) is 0 Å². The van der Waals surface area contributed by atoms with E-state index in [4.69, 9.17) is 28.4 Å². The van der Waals surface area contributed by atoms with Gasteiger partial charge >= 0.3 is 0 Å². The molecule has 3 aliphatic carbocycles. The van der Waals surface area contributed by atoms with Gasteiger partial charge in [0.1, 0.15) is 39.6 Å². The molecular formula is C68H60O6. The fraction of sp³-hybridized carbons (Fsp3) is 0.294. The molecule has 0 saturated carbocycles. The molecule has 0 unspecified atom stereocenters. The van der Waals surface area contributed by atoms with Crippen LogP contribution in [0.5, 0.6) is 34.5 Å². The van der Waals surface area contributed by atoms with Crippen molar-refractivity contribution in [3.8, 4) is 34.5 Å². The van der Waals surface area contributed by atoms with Gasteiger partial charge in [-0.05, 0) is 155 Å². The topological polar surface area (TPSA) is 55.4 Å². The summed E-state index contributed by atoms with van der Waals surface area (Å²) >= 11 is 0. The SMILES string of the molecule is CCCC12c3cc4c(cc3C3(CCC)c5cc6c(cc5C(CCC)(c5cc7c(cc51)COc1cc5ccccc5cc1OC7)C23C)COc1cc2ccccc2cc1OC6)COc1cc2ccccc2cc1OC4. The molecule has 0 radical (unpaired) electrons. The van der Waals surface area contributed by atoms with E-state index in [9.17, 15) is 0 Å². The summed E-state index contributed by atoms with van der Waals surface area (Å²) in [4.78, 5) is 0. The average Bonchev–Trinajstić information content (AvgIpc) is 3.84. The minimum Gasteiger partial charge on any atom is -0.485 e. The summed E-state index contributed by atoms with van der Waals surface area (Å²) in [7, 11) is 0. The Hall–Kier alpha value is -7.44. The minimum absolute atomic E-state index is 0.322. The van der Waals surface area contributed by atoms with Crippen LogP contribution in [0.4, 0.5) is 0 Å². The fourth-order valence-electron chi connectivity index (χ4n) is 16.0. The van der Waals surface area contributed by atoms with Gasteiger partial charge in [0.15, 0.2) is 34.5 Å². The van der Waals surface area contributed by atoms with E-state index < -0.39 is 0 Å². The monoisotopic (exact) mass is 972 g/mol. The summed E-state index contributed by atoms with van der Waals surface area (Å²) in [6, 6.07) is 53.8. The molecule has 6 heteroatoms. The van der Waals surface area contributed by atoms with Gasteiger partial charge in [-0.1, -0.05) is 156 Å². The van der Waals surface area contributed by atoms with E-state index in [0.717, 1.165) is 105 Å². The lowest BCUT2D eigenvalue weighted by Crippen LogP contribution is -2.54. The first kappa shape index (κ1) is 44.1. The van der Waals surface area contributed by atoms with E-state index >= 15 is 0 Å². The zero-order valence-corrected chi connectivity index (χ0v) is 42.8. The quantitative estimate of drug-likeness (QED) is 0.165. The van der Waals surface area contributed by atoms with Crippen LogP contribution in [-0.2, 0) is 55.9 Å². The maximum atomic E-state index is 6.88. The van der Waals surface area contributed by atoms with Crippen LogP contribution in [0.1, 0.15) is 133 Å². The van der Waals surface area contributed by atoms with Gasteiger partial charge < -0.3 is 28.4 Å². The molecule has 3 heterocycles. The number of hydrogen-bond acceptors (Lipinski definition) is 6. The van der Waals surface area contributed by atoms with Crippen molar-refractivity contribution in [2.45, 2.75) is 122 Å². The van der Waals surface area contributed by atoms with Crippen molar-refractivity contribution >= 4 is 32.3 Å². The molecular weight excluding hydrogens is 913 g/mol. The highest BCUT2D eigenvalue weighted by Gasteiger charge is 2.82. The van der Waals surface area contributed by atoms with Crippen molar-refractivity contribution < 1.29 is 28.4 Å². The zero-order valence-electron chi connectivity index (χ0n) is 42.8. The van der Waals surface area contributed by atoms with E-state index in [-0.39, 0.29) is 21.7 Å². The molecule has 0 spiro atoms. The molecule has 0 bridgehead atoms. The smallest absolute Gasteiger partial charge is 0.162 e. The molecule has 3 aliphatic heterocycles. The van der Waals surface area contributed by atoms with Crippen molar-refractivity contribution in [1.82, 2.24) is 0 Å². The molecule has 0 N–H and O–H groups in total. The molecule has 0 fully saturated rings. The van der Waals surface area contributed by atoms with Crippen molar-refractivity contribution in [3.63, 3.8) is 0 Å². The van der Waals surface area contributed by atoms with Gasteiger partial charge in [0.05, 0.1) is 0 Å². The first-order chi connectivity index (χ1) is 36.3. The van der Waals surface area contributed by atoms with Crippen molar-refractivity contribution in [2.24, 2.45) is 5.41 Å². The van der Waals surface area contributed by atoms with Gasteiger partial charge in [-0.25, -0.2) is 0 Å². The molecule has 9 aromatic rings. The first-order valence-corrected chi connectivity index (χ1v) is 27.2. The van der Waals surface area contributed by atoms with Crippen LogP contribution in [-0.4, -0.2) is 0 Å². The second-order valence-electron chi connectivity index (χ2n) is 22.3. The number of hydrogen-bond donors (Lipinski definition) is 0. The maximum absolute atomic E-state index is 6.88. The molecule has 6 aliphatic rings. The zero-order chi connectivity index (χ0) is 49.6. The van der Waals surface area contributed by atoms with Crippen LogP contribution in [0.15, 0.2) is 146 Å². The highest BCUT2D eigenvalue weighted by atomic mass is 16.5.